The topological polar surface area (TPSA) is 20.2 Å². The number of hydrogen-bond donors (Lipinski definition) is 1. The fraction of sp³-hybridized carbons (Fsp3) is 0.800. The lowest BCUT2D eigenvalue weighted by atomic mass is 10.1. The van der Waals surface area contributed by atoms with Crippen LogP contribution in [0.5, 0.6) is 0 Å². The molecule has 0 aliphatic heterocycles. The fourth-order valence-corrected chi connectivity index (χ4v) is 1.02. The predicted molar refractivity (Wildman–Crippen MR) is 48.2 cm³/mol. The first-order valence-corrected chi connectivity index (χ1v) is 4.42. The summed E-state index contributed by atoms with van der Waals surface area (Å²) in [6.45, 7) is 2.16. The summed E-state index contributed by atoms with van der Waals surface area (Å²) in [5, 5.41) is 9.31. The van der Waals surface area contributed by atoms with Crippen molar-refractivity contribution in [3.05, 3.63) is 0 Å². The normalized spacial score (nSPS) is 12.5. The van der Waals surface area contributed by atoms with Crippen LogP contribution >= 0.6 is 0 Å². The Kier molecular flexibility index (Phi) is 7.29. The van der Waals surface area contributed by atoms with Crippen LogP contribution < -0.4 is 0 Å². The molecule has 1 heteroatoms. The van der Waals surface area contributed by atoms with Crippen LogP contribution in [-0.2, 0) is 0 Å². The van der Waals surface area contributed by atoms with E-state index >= 15 is 0 Å². The first kappa shape index (κ1) is 10.5. The Morgan fingerprint density at radius 2 is 2.09 bits per heavy atom. The van der Waals surface area contributed by atoms with Gasteiger partial charge < -0.3 is 5.11 Å². The molecule has 0 heterocycles. The zero-order valence-corrected chi connectivity index (χ0v) is 7.34. The molecule has 0 unspecified atom stereocenters. The Bertz CT molecular complexity index is 113. The van der Waals surface area contributed by atoms with Gasteiger partial charge in [0.05, 0.1) is 6.10 Å². The molecule has 0 saturated heterocycles. The van der Waals surface area contributed by atoms with Gasteiger partial charge in [-0.1, -0.05) is 26.2 Å². The van der Waals surface area contributed by atoms with Gasteiger partial charge in [0, 0.05) is 6.42 Å². The van der Waals surface area contributed by atoms with Crippen molar-refractivity contribution < 1.29 is 5.11 Å². The fourth-order valence-electron chi connectivity index (χ4n) is 1.02. The van der Waals surface area contributed by atoms with E-state index in [4.69, 9.17) is 6.42 Å². The van der Waals surface area contributed by atoms with E-state index in [1.165, 1.54) is 12.8 Å². The number of unbranched alkanes of at least 4 members (excludes halogenated alkanes) is 2. The van der Waals surface area contributed by atoms with Crippen molar-refractivity contribution in [2.75, 3.05) is 0 Å². The maximum Gasteiger partial charge on any atom is 0.0549 e. The van der Waals surface area contributed by atoms with Gasteiger partial charge in [-0.25, -0.2) is 0 Å². The molecule has 0 aliphatic rings. The second-order valence-corrected chi connectivity index (χ2v) is 2.89. The van der Waals surface area contributed by atoms with Crippen molar-refractivity contribution >= 4 is 0 Å². The van der Waals surface area contributed by atoms with Crippen molar-refractivity contribution in [2.45, 2.75) is 51.6 Å². The van der Waals surface area contributed by atoms with Crippen molar-refractivity contribution in [1.29, 1.82) is 0 Å². The molecule has 0 aromatic carbocycles. The summed E-state index contributed by atoms with van der Waals surface area (Å²) in [6, 6.07) is 0. The lowest BCUT2D eigenvalue weighted by Gasteiger charge is -2.06. The van der Waals surface area contributed by atoms with E-state index in [1.807, 2.05) is 0 Å². The molecule has 1 nitrogen and oxygen atoms in total. The van der Waals surface area contributed by atoms with Crippen molar-refractivity contribution in [2.24, 2.45) is 0 Å². The van der Waals surface area contributed by atoms with E-state index in [0.717, 1.165) is 19.3 Å². The third kappa shape index (κ3) is 7.42. The van der Waals surface area contributed by atoms with E-state index in [9.17, 15) is 5.11 Å². The number of terminal acetylenes is 1. The van der Waals surface area contributed by atoms with Crippen LogP contribution in [0.3, 0.4) is 0 Å². The van der Waals surface area contributed by atoms with Crippen LogP contribution in [0, 0.1) is 12.3 Å². The third-order valence-corrected chi connectivity index (χ3v) is 1.76. The Balaban J connectivity index is 3.10. The summed E-state index contributed by atoms with van der Waals surface area (Å²) in [5.74, 6) is 2.53. The van der Waals surface area contributed by atoms with Crippen LogP contribution in [0.25, 0.3) is 0 Å². The van der Waals surface area contributed by atoms with Crippen molar-refractivity contribution in [3.63, 3.8) is 0 Å². The Morgan fingerprint density at radius 3 is 2.64 bits per heavy atom. The lowest BCUT2D eigenvalue weighted by Crippen LogP contribution is -2.05. The van der Waals surface area contributed by atoms with Gasteiger partial charge in [-0.15, -0.1) is 12.3 Å². The van der Waals surface area contributed by atoms with Gasteiger partial charge in [0.15, 0.2) is 0 Å². The summed E-state index contributed by atoms with van der Waals surface area (Å²) in [6.07, 6.45) is 10.8. The molecule has 0 saturated carbocycles. The van der Waals surface area contributed by atoms with Gasteiger partial charge in [-0.3, -0.25) is 0 Å². The minimum absolute atomic E-state index is 0.169. The van der Waals surface area contributed by atoms with Crippen LogP contribution in [0.2, 0.25) is 0 Å². The van der Waals surface area contributed by atoms with E-state index in [2.05, 4.69) is 12.8 Å². The molecule has 0 amide bonds. The first-order valence-electron chi connectivity index (χ1n) is 4.42. The molecule has 0 aromatic rings. The maximum absolute atomic E-state index is 9.31. The minimum Gasteiger partial charge on any atom is -0.393 e. The van der Waals surface area contributed by atoms with Gasteiger partial charge in [-0.05, 0) is 12.8 Å². The van der Waals surface area contributed by atoms with Crippen molar-refractivity contribution in [1.82, 2.24) is 0 Å². The smallest absolute Gasteiger partial charge is 0.0549 e. The lowest BCUT2D eigenvalue weighted by molar-refractivity contribution is 0.153. The molecular formula is C10H18O. The van der Waals surface area contributed by atoms with Crippen LogP contribution in [0.1, 0.15) is 45.4 Å². The number of hydrogen-bond acceptors (Lipinski definition) is 1. The van der Waals surface area contributed by atoms with E-state index in [1.54, 1.807) is 0 Å². The first-order chi connectivity index (χ1) is 5.31. The highest BCUT2D eigenvalue weighted by molar-refractivity contribution is 4.84. The summed E-state index contributed by atoms with van der Waals surface area (Å²) in [7, 11) is 0. The second kappa shape index (κ2) is 7.63. The molecule has 0 aromatic heterocycles. The molecule has 0 rings (SSSR count). The number of aliphatic hydroxyl groups excluding tert-OH is 1. The van der Waals surface area contributed by atoms with Crippen LogP contribution in [-0.4, -0.2) is 11.2 Å². The molecular weight excluding hydrogens is 136 g/mol. The molecule has 0 spiro atoms. The number of rotatable bonds is 6. The Labute approximate surface area is 69.8 Å². The average molecular weight is 154 g/mol. The second-order valence-electron chi connectivity index (χ2n) is 2.89. The van der Waals surface area contributed by atoms with Crippen LogP contribution in [0.4, 0.5) is 0 Å². The summed E-state index contributed by atoms with van der Waals surface area (Å²) < 4.78 is 0. The highest BCUT2D eigenvalue weighted by Crippen LogP contribution is 2.07. The monoisotopic (exact) mass is 154 g/mol. The summed E-state index contributed by atoms with van der Waals surface area (Å²) >= 11 is 0. The average Bonchev–Trinajstić information content (AvgIpc) is 2.01. The molecule has 1 N–H and O–H groups in total. The van der Waals surface area contributed by atoms with Gasteiger partial charge in [0.25, 0.3) is 0 Å². The molecule has 0 fully saturated rings. The maximum atomic E-state index is 9.31. The highest BCUT2D eigenvalue weighted by Gasteiger charge is 2.00. The van der Waals surface area contributed by atoms with E-state index in [-0.39, 0.29) is 6.10 Å². The van der Waals surface area contributed by atoms with Crippen molar-refractivity contribution in [3.8, 4) is 12.3 Å². The Hall–Kier alpha value is -0.480. The van der Waals surface area contributed by atoms with Crippen LogP contribution in [0.15, 0.2) is 0 Å². The third-order valence-electron chi connectivity index (χ3n) is 1.76. The van der Waals surface area contributed by atoms with Gasteiger partial charge in [0.2, 0.25) is 0 Å². The van der Waals surface area contributed by atoms with Gasteiger partial charge in [0.1, 0.15) is 0 Å². The SMILES string of the molecule is C#CCC[C@@H](O)CCCCC. The largest absolute Gasteiger partial charge is 0.393 e. The molecule has 0 aliphatic carbocycles. The molecule has 11 heavy (non-hydrogen) atoms. The zero-order chi connectivity index (χ0) is 8.53. The quantitative estimate of drug-likeness (QED) is 0.460. The zero-order valence-electron chi connectivity index (χ0n) is 7.34. The summed E-state index contributed by atoms with van der Waals surface area (Å²) in [5.41, 5.74) is 0. The number of aliphatic hydroxyl groups is 1. The Morgan fingerprint density at radius 1 is 1.36 bits per heavy atom. The van der Waals surface area contributed by atoms with Gasteiger partial charge >= 0.3 is 0 Å². The molecule has 0 radical (unpaired) electrons. The summed E-state index contributed by atoms with van der Waals surface area (Å²) in [4.78, 5) is 0. The predicted octanol–water partition coefficient (Wildman–Crippen LogP) is 2.34. The highest BCUT2D eigenvalue weighted by atomic mass is 16.3. The van der Waals surface area contributed by atoms with E-state index in [0.29, 0.717) is 6.42 Å². The minimum atomic E-state index is -0.169. The molecule has 0 bridgehead atoms. The molecule has 64 valence electrons. The van der Waals surface area contributed by atoms with E-state index < -0.39 is 0 Å². The standard InChI is InChI=1S/C10H18O/c1-3-5-7-9-10(11)8-6-4-2/h2,10-11H,3,5-9H2,1H3/t10-/m1/s1. The molecule has 1 atom stereocenters. The van der Waals surface area contributed by atoms with Gasteiger partial charge in [-0.2, -0.15) is 0 Å².